The second-order valence-corrected chi connectivity index (χ2v) is 7.79. The summed E-state index contributed by atoms with van der Waals surface area (Å²) in [6.45, 7) is 0.173. The van der Waals surface area contributed by atoms with Gasteiger partial charge >= 0.3 is 12.1 Å². The van der Waals surface area contributed by atoms with E-state index < -0.39 is 17.8 Å². The summed E-state index contributed by atoms with van der Waals surface area (Å²) >= 11 is 0. The lowest BCUT2D eigenvalue weighted by molar-refractivity contribution is -0.118. The fourth-order valence-electron chi connectivity index (χ4n) is 3.28. The van der Waals surface area contributed by atoms with E-state index in [9.17, 15) is 24.0 Å². The number of anilines is 3. The van der Waals surface area contributed by atoms with Crippen LogP contribution in [0.25, 0.3) is 0 Å². The summed E-state index contributed by atoms with van der Waals surface area (Å²) in [5.74, 6) is -0.921. The fraction of sp³-hybridized carbons (Fsp3) is 0.227. The van der Waals surface area contributed by atoms with Crippen LogP contribution in [0, 0.1) is 0 Å². The molecule has 35 heavy (non-hydrogen) atoms. The lowest BCUT2D eigenvalue weighted by Crippen LogP contribution is -2.33. The minimum atomic E-state index is -0.506. The van der Waals surface area contributed by atoms with Crippen molar-refractivity contribution in [2.45, 2.75) is 6.42 Å². The molecule has 0 fully saturated rings. The van der Waals surface area contributed by atoms with E-state index in [0.29, 0.717) is 29.2 Å². The summed E-state index contributed by atoms with van der Waals surface area (Å²) in [4.78, 5) is 62.2. The molecule has 5 amide bonds. The van der Waals surface area contributed by atoms with Crippen LogP contribution < -0.4 is 21.3 Å². The first-order chi connectivity index (χ1) is 16.6. The zero-order valence-electron chi connectivity index (χ0n) is 19.5. The van der Waals surface area contributed by atoms with Crippen LogP contribution >= 0.6 is 0 Å². The van der Waals surface area contributed by atoms with Gasteiger partial charge in [-0.2, -0.15) is 0 Å². The number of amides is 5. The van der Waals surface area contributed by atoms with Crippen LogP contribution in [0.15, 0.2) is 49.2 Å². The second-order valence-electron chi connectivity index (χ2n) is 7.79. The van der Waals surface area contributed by atoms with Crippen molar-refractivity contribution in [3.05, 3.63) is 54.9 Å². The quantitative estimate of drug-likeness (QED) is 0.413. The number of primary amides is 1. The Morgan fingerprint density at radius 3 is 2.37 bits per heavy atom. The first-order valence-electron chi connectivity index (χ1n) is 10.5. The molecule has 3 aromatic rings. The summed E-state index contributed by atoms with van der Waals surface area (Å²) in [5, 5.41) is 5.19. The first kappa shape index (κ1) is 24.8. The largest absolute Gasteiger partial charge is 0.370 e. The molecule has 0 saturated carbocycles. The Kier molecular flexibility index (Phi) is 7.39. The van der Waals surface area contributed by atoms with Gasteiger partial charge in [0.15, 0.2) is 0 Å². The van der Waals surface area contributed by atoms with Gasteiger partial charge in [-0.05, 0) is 18.2 Å². The number of nitrogens with two attached hydrogens (primary N) is 1. The van der Waals surface area contributed by atoms with Crippen LogP contribution in [0.1, 0.15) is 16.9 Å². The molecule has 0 aliphatic rings. The van der Waals surface area contributed by atoms with Crippen LogP contribution in [-0.4, -0.2) is 69.5 Å². The number of nitrogens with zero attached hydrogens (tertiary/aromatic N) is 5. The Morgan fingerprint density at radius 2 is 1.69 bits per heavy atom. The van der Waals surface area contributed by atoms with Gasteiger partial charge in [0, 0.05) is 65.1 Å². The number of hydrogen-bond donors (Lipinski definition) is 3. The van der Waals surface area contributed by atoms with Crippen molar-refractivity contribution < 1.29 is 24.0 Å². The van der Waals surface area contributed by atoms with Gasteiger partial charge in [-0.3, -0.25) is 28.4 Å². The smallest absolute Gasteiger partial charge is 0.332 e. The lowest BCUT2D eigenvalue weighted by atomic mass is 10.3. The topological polar surface area (TPSA) is 157 Å². The molecule has 0 spiro atoms. The van der Waals surface area contributed by atoms with Crippen molar-refractivity contribution in [3.8, 4) is 0 Å². The van der Waals surface area contributed by atoms with Crippen molar-refractivity contribution in [3.63, 3.8) is 0 Å². The van der Waals surface area contributed by atoms with E-state index in [1.807, 2.05) is 0 Å². The van der Waals surface area contributed by atoms with Crippen molar-refractivity contribution in [1.82, 2.24) is 18.6 Å². The molecule has 0 radical (unpaired) electrons. The number of hydrogen-bond acceptors (Lipinski definition) is 5. The van der Waals surface area contributed by atoms with Gasteiger partial charge < -0.3 is 25.8 Å². The number of carbonyl (C=O) groups excluding carboxylic acids is 5. The summed E-state index contributed by atoms with van der Waals surface area (Å²) in [5.41, 5.74) is 6.77. The number of aryl methyl sites for hydroxylation is 1. The first-order valence-corrected chi connectivity index (χ1v) is 10.5. The van der Waals surface area contributed by atoms with Crippen LogP contribution in [0.2, 0.25) is 0 Å². The van der Waals surface area contributed by atoms with Gasteiger partial charge in [0.2, 0.25) is 12.3 Å². The maximum atomic E-state index is 12.9. The van der Waals surface area contributed by atoms with E-state index in [4.69, 9.17) is 5.73 Å². The lowest BCUT2D eigenvalue weighted by Gasteiger charge is -2.17. The predicted molar refractivity (Wildman–Crippen MR) is 128 cm³/mol. The van der Waals surface area contributed by atoms with E-state index in [0.717, 1.165) is 0 Å². The Bertz CT molecular complexity index is 1270. The summed E-state index contributed by atoms with van der Waals surface area (Å²) in [6, 6.07) is 3.89. The zero-order valence-corrected chi connectivity index (χ0v) is 19.5. The standard InChI is InChI=1S/C22H26N8O5/c1-26(7-6-19(23)32)21(34)30-9-5-17(13-30)28(3)22(35)29-8-4-15(12-29)25-20(33)18-10-16(24-14-31)11-27(18)2/h4-5,8-14H,6-7H2,1-3H3,(H2,23,32)(H,24,31)(H,25,33). The molecule has 184 valence electrons. The molecule has 3 rings (SSSR count). The minimum Gasteiger partial charge on any atom is -0.370 e. The SMILES string of the molecule is CN(CCC(N)=O)C(=O)n1ccc(N(C)C(=O)n2ccc(NC(=O)c3cc(NC=O)cn3C)c2)c1. The van der Waals surface area contributed by atoms with E-state index in [2.05, 4.69) is 10.6 Å². The molecular formula is C22H26N8O5. The van der Waals surface area contributed by atoms with E-state index in [1.54, 1.807) is 44.0 Å². The fourth-order valence-corrected chi connectivity index (χ4v) is 3.28. The van der Waals surface area contributed by atoms with Crippen LogP contribution in [0.4, 0.5) is 26.7 Å². The molecule has 0 aliphatic carbocycles. The highest BCUT2D eigenvalue weighted by Gasteiger charge is 2.18. The van der Waals surface area contributed by atoms with Crippen molar-refractivity contribution >= 4 is 47.3 Å². The van der Waals surface area contributed by atoms with Gasteiger partial charge in [0.05, 0.1) is 17.1 Å². The zero-order chi connectivity index (χ0) is 25.7. The summed E-state index contributed by atoms with van der Waals surface area (Å²) in [6.07, 6.45) is 8.13. The van der Waals surface area contributed by atoms with Gasteiger partial charge in [-0.25, -0.2) is 9.59 Å². The Morgan fingerprint density at radius 1 is 1.00 bits per heavy atom. The van der Waals surface area contributed by atoms with Crippen molar-refractivity contribution in [1.29, 1.82) is 0 Å². The minimum absolute atomic E-state index is 0.0438. The molecule has 0 saturated heterocycles. The molecule has 0 aliphatic heterocycles. The molecule has 4 N–H and O–H groups in total. The maximum absolute atomic E-state index is 12.9. The average Bonchev–Trinajstić information content (AvgIpc) is 3.56. The van der Waals surface area contributed by atoms with Gasteiger partial charge in [-0.15, -0.1) is 0 Å². The summed E-state index contributed by atoms with van der Waals surface area (Å²) < 4.78 is 4.15. The molecule has 0 unspecified atom stereocenters. The highest BCUT2D eigenvalue weighted by Crippen LogP contribution is 2.18. The third kappa shape index (κ3) is 5.76. The van der Waals surface area contributed by atoms with E-state index in [1.165, 1.54) is 49.8 Å². The monoisotopic (exact) mass is 482 g/mol. The van der Waals surface area contributed by atoms with Gasteiger partial charge in [0.25, 0.3) is 5.91 Å². The third-order valence-corrected chi connectivity index (χ3v) is 5.23. The molecule has 13 nitrogen and oxygen atoms in total. The molecule has 13 heteroatoms. The number of rotatable bonds is 8. The van der Waals surface area contributed by atoms with Crippen molar-refractivity contribution in [2.24, 2.45) is 12.8 Å². The van der Waals surface area contributed by atoms with E-state index >= 15 is 0 Å². The third-order valence-electron chi connectivity index (χ3n) is 5.23. The van der Waals surface area contributed by atoms with E-state index in [-0.39, 0.29) is 19.0 Å². The van der Waals surface area contributed by atoms with Gasteiger partial charge in [-0.1, -0.05) is 0 Å². The highest BCUT2D eigenvalue weighted by atomic mass is 16.2. The van der Waals surface area contributed by atoms with Gasteiger partial charge in [0.1, 0.15) is 5.69 Å². The highest BCUT2D eigenvalue weighted by molar-refractivity contribution is 6.04. The summed E-state index contributed by atoms with van der Waals surface area (Å²) in [7, 11) is 4.76. The second kappa shape index (κ2) is 10.4. The van der Waals surface area contributed by atoms with Crippen LogP contribution in [0.3, 0.4) is 0 Å². The maximum Gasteiger partial charge on any atom is 0.332 e. The van der Waals surface area contributed by atoms with Crippen LogP contribution in [-0.2, 0) is 16.6 Å². The Balaban J connectivity index is 1.65. The molecule has 0 atom stereocenters. The molecule has 0 aromatic carbocycles. The molecular weight excluding hydrogens is 456 g/mol. The van der Waals surface area contributed by atoms with Crippen molar-refractivity contribution in [2.75, 3.05) is 36.2 Å². The van der Waals surface area contributed by atoms with Crippen LogP contribution in [0.5, 0.6) is 0 Å². The predicted octanol–water partition coefficient (Wildman–Crippen LogP) is 1.33. The number of aromatic nitrogens is 3. The average molecular weight is 483 g/mol. The molecule has 3 heterocycles. The normalized spacial score (nSPS) is 10.5. The Labute approximate surface area is 200 Å². The molecule has 0 bridgehead atoms. The number of carbonyl (C=O) groups is 5. The number of nitrogens with one attached hydrogen (secondary N) is 2. The Hall–Kier alpha value is -4.81. The molecule has 3 aromatic heterocycles.